The molecule has 2 N–H and O–H groups in total. The average Bonchev–Trinajstić information content (AvgIpc) is 2.29. The fourth-order valence-electron chi connectivity index (χ4n) is 1.23. The van der Waals surface area contributed by atoms with Gasteiger partial charge in [0.1, 0.15) is 6.07 Å². The number of carboxylic acid groups (broad SMARTS) is 1. The number of hydrogen-bond acceptors (Lipinski definition) is 4. The Morgan fingerprint density at radius 1 is 1.71 bits per heavy atom. The molecule has 0 aliphatic rings. The average molecular weight is 299 g/mol. The molecule has 5 nitrogen and oxygen atoms in total. The second kappa shape index (κ2) is 6.23. The molecule has 1 aromatic carbocycles. The van der Waals surface area contributed by atoms with E-state index < -0.39 is 12.1 Å². The largest absolute Gasteiger partial charge is 0.479 e. The number of nitriles is 1. The van der Waals surface area contributed by atoms with Crippen molar-refractivity contribution in [3.8, 4) is 6.07 Å². The summed E-state index contributed by atoms with van der Waals surface area (Å²) in [6.07, 6.45) is -0.944. The molecule has 1 aromatic rings. The molecule has 0 amide bonds. The highest BCUT2D eigenvalue weighted by Gasteiger charge is 2.16. The predicted molar refractivity (Wildman–Crippen MR) is 65.8 cm³/mol. The fourth-order valence-corrected chi connectivity index (χ4v) is 1.60. The summed E-state index contributed by atoms with van der Waals surface area (Å²) < 4.78 is 5.59. The van der Waals surface area contributed by atoms with Crippen LogP contribution in [0.25, 0.3) is 0 Å². The van der Waals surface area contributed by atoms with E-state index in [2.05, 4.69) is 21.2 Å². The zero-order valence-corrected chi connectivity index (χ0v) is 10.7. The van der Waals surface area contributed by atoms with E-state index >= 15 is 0 Å². The van der Waals surface area contributed by atoms with Gasteiger partial charge in [-0.15, -0.1) is 0 Å². The molecule has 1 rings (SSSR count). The van der Waals surface area contributed by atoms with Crippen LogP contribution in [0.2, 0.25) is 0 Å². The van der Waals surface area contributed by atoms with E-state index in [1.54, 1.807) is 18.2 Å². The minimum atomic E-state index is -1.05. The first-order valence-corrected chi connectivity index (χ1v) is 5.57. The lowest BCUT2D eigenvalue weighted by atomic mass is 10.2. The summed E-state index contributed by atoms with van der Waals surface area (Å²) in [5.41, 5.74) is 1.03. The van der Waals surface area contributed by atoms with Crippen LogP contribution in [0, 0.1) is 11.3 Å². The Morgan fingerprint density at radius 3 is 2.94 bits per heavy atom. The number of carbonyl (C=O) groups is 1. The highest BCUT2D eigenvalue weighted by Crippen LogP contribution is 2.20. The second-order valence-electron chi connectivity index (χ2n) is 3.25. The van der Waals surface area contributed by atoms with Crippen LogP contribution in [0.4, 0.5) is 5.69 Å². The van der Waals surface area contributed by atoms with E-state index in [0.29, 0.717) is 11.3 Å². The van der Waals surface area contributed by atoms with Crippen molar-refractivity contribution in [2.75, 3.05) is 19.0 Å². The second-order valence-corrected chi connectivity index (χ2v) is 4.16. The number of aliphatic carboxylic acids is 1. The van der Waals surface area contributed by atoms with Gasteiger partial charge >= 0.3 is 5.97 Å². The van der Waals surface area contributed by atoms with E-state index in [1.807, 2.05) is 6.07 Å². The van der Waals surface area contributed by atoms with Crippen molar-refractivity contribution in [1.29, 1.82) is 5.26 Å². The maximum atomic E-state index is 10.7. The number of benzene rings is 1. The van der Waals surface area contributed by atoms with Crippen LogP contribution < -0.4 is 5.32 Å². The highest BCUT2D eigenvalue weighted by molar-refractivity contribution is 9.10. The molecule has 0 saturated heterocycles. The van der Waals surface area contributed by atoms with Gasteiger partial charge in [-0.1, -0.05) is 15.9 Å². The first kappa shape index (κ1) is 13.5. The molecular formula is C11H11BrN2O3. The minimum Gasteiger partial charge on any atom is -0.479 e. The van der Waals surface area contributed by atoms with E-state index in [-0.39, 0.29) is 6.54 Å². The van der Waals surface area contributed by atoms with Crippen LogP contribution in [0.3, 0.4) is 0 Å². The maximum absolute atomic E-state index is 10.7. The van der Waals surface area contributed by atoms with Crippen LogP contribution in [0.1, 0.15) is 5.56 Å². The van der Waals surface area contributed by atoms with Gasteiger partial charge in [0.2, 0.25) is 0 Å². The van der Waals surface area contributed by atoms with Crippen LogP contribution in [0.5, 0.6) is 0 Å². The molecule has 0 heterocycles. The summed E-state index contributed by atoms with van der Waals surface area (Å²) >= 11 is 3.28. The molecule has 0 radical (unpaired) electrons. The molecule has 1 atom stereocenters. The van der Waals surface area contributed by atoms with Crippen molar-refractivity contribution >= 4 is 27.6 Å². The Kier molecular flexibility index (Phi) is 4.94. The topological polar surface area (TPSA) is 82.3 Å². The number of nitrogens with zero attached hydrogens (tertiary/aromatic N) is 1. The van der Waals surface area contributed by atoms with E-state index in [1.165, 1.54) is 7.11 Å². The number of anilines is 1. The van der Waals surface area contributed by atoms with Crippen LogP contribution >= 0.6 is 15.9 Å². The Balaban J connectivity index is 2.78. The van der Waals surface area contributed by atoms with Gasteiger partial charge in [0, 0.05) is 11.6 Å². The number of methoxy groups -OCH3 is 1. The molecular weight excluding hydrogens is 288 g/mol. The van der Waals surface area contributed by atoms with E-state index in [9.17, 15) is 4.79 Å². The van der Waals surface area contributed by atoms with E-state index in [0.717, 1.165) is 4.47 Å². The number of carboxylic acids is 1. The van der Waals surface area contributed by atoms with Crippen molar-refractivity contribution in [1.82, 2.24) is 0 Å². The standard InChI is InChI=1S/C11H11BrN2O3/c1-17-10(11(15)16)6-14-9-4-8(12)3-2-7(9)5-13/h2-4,10,14H,6H2,1H3,(H,15,16). The van der Waals surface area contributed by atoms with Gasteiger partial charge in [-0.25, -0.2) is 4.79 Å². The maximum Gasteiger partial charge on any atom is 0.334 e. The van der Waals surface area contributed by atoms with Crippen molar-refractivity contribution < 1.29 is 14.6 Å². The Hall–Kier alpha value is -1.58. The van der Waals surface area contributed by atoms with Gasteiger partial charge in [0.15, 0.2) is 6.10 Å². The highest BCUT2D eigenvalue weighted by atomic mass is 79.9. The van der Waals surface area contributed by atoms with Crippen molar-refractivity contribution in [2.45, 2.75) is 6.10 Å². The molecule has 0 bridgehead atoms. The van der Waals surface area contributed by atoms with Gasteiger partial charge in [0.05, 0.1) is 17.8 Å². The number of rotatable bonds is 5. The summed E-state index contributed by atoms with van der Waals surface area (Å²) in [6.45, 7) is 0.0942. The minimum absolute atomic E-state index is 0.0942. The summed E-state index contributed by atoms with van der Waals surface area (Å²) in [5.74, 6) is -1.05. The monoisotopic (exact) mass is 298 g/mol. The third-order valence-corrected chi connectivity index (χ3v) is 2.63. The molecule has 6 heteroatoms. The number of hydrogen-bond donors (Lipinski definition) is 2. The van der Waals surface area contributed by atoms with Gasteiger partial charge in [-0.2, -0.15) is 5.26 Å². The van der Waals surface area contributed by atoms with Crippen LogP contribution in [0.15, 0.2) is 22.7 Å². The lowest BCUT2D eigenvalue weighted by Crippen LogP contribution is -2.30. The Bertz CT molecular complexity index is 457. The zero-order chi connectivity index (χ0) is 12.8. The summed E-state index contributed by atoms with van der Waals surface area (Å²) in [7, 11) is 1.33. The zero-order valence-electron chi connectivity index (χ0n) is 9.11. The molecule has 0 aliphatic heterocycles. The molecule has 0 spiro atoms. The first-order chi connectivity index (χ1) is 8.08. The third-order valence-electron chi connectivity index (χ3n) is 2.14. The first-order valence-electron chi connectivity index (χ1n) is 4.77. The number of halogens is 1. The molecule has 90 valence electrons. The van der Waals surface area contributed by atoms with Gasteiger partial charge in [-0.05, 0) is 18.2 Å². The lowest BCUT2D eigenvalue weighted by Gasteiger charge is -2.13. The Morgan fingerprint density at radius 2 is 2.41 bits per heavy atom. The van der Waals surface area contributed by atoms with Crippen molar-refractivity contribution in [3.05, 3.63) is 28.2 Å². The quantitative estimate of drug-likeness (QED) is 0.866. The summed E-state index contributed by atoms with van der Waals surface area (Å²) in [5, 5.41) is 20.6. The fraction of sp³-hybridized carbons (Fsp3) is 0.273. The van der Waals surface area contributed by atoms with E-state index in [4.69, 9.17) is 15.1 Å². The normalized spacial score (nSPS) is 11.6. The molecule has 0 aromatic heterocycles. The van der Waals surface area contributed by atoms with Gasteiger partial charge in [-0.3, -0.25) is 0 Å². The smallest absolute Gasteiger partial charge is 0.334 e. The predicted octanol–water partition coefficient (Wildman–Crippen LogP) is 1.83. The van der Waals surface area contributed by atoms with Crippen molar-refractivity contribution in [3.63, 3.8) is 0 Å². The molecule has 17 heavy (non-hydrogen) atoms. The summed E-state index contributed by atoms with van der Waals surface area (Å²) in [6, 6.07) is 7.13. The van der Waals surface area contributed by atoms with Crippen LogP contribution in [-0.2, 0) is 9.53 Å². The van der Waals surface area contributed by atoms with Crippen LogP contribution in [-0.4, -0.2) is 30.8 Å². The molecule has 1 unspecified atom stereocenters. The third kappa shape index (κ3) is 3.73. The Labute approximate surface area is 107 Å². The molecule has 0 aliphatic carbocycles. The SMILES string of the molecule is COC(CNc1cc(Br)ccc1C#N)C(=O)O. The number of ether oxygens (including phenoxy) is 1. The van der Waals surface area contributed by atoms with Gasteiger partial charge < -0.3 is 15.2 Å². The lowest BCUT2D eigenvalue weighted by molar-refractivity contribution is -0.147. The van der Waals surface area contributed by atoms with Gasteiger partial charge in [0.25, 0.3) is 0 Å². The summed E-state index contributed by atoms with van der Waals surface area (Å²) in [4.78, 5) is 10.7. The molecule has 0 saturated carbocycles. The number of nitrogens with one attached hydrogen (secondary N) is 1. The van der Waals surface area contributed by atoms with Crippen molar-refractivity contribution in [2.24, 2.45) is 0 Å². The molecule has 0 fully saturated rings.